The van der Waals surface area contributed by atoms with E-state index in [0.29, 0.717) is 12.4 Å². The van der Waals surface area contributed by atoms with E-state index in [1.807, 2.05) is 13.1 Å². The number of hydrogen-bond acceptors (Lipinski definition) is 5. The molecule has 0 fully saturated rings. The van der Waals surface area contributed by atoms with E-state index in [9.17, 15) is 0 Å². The molecular weight excluding hydrogens is 194 g/mol. The van der Waals surface area contributed by atoms with Gasteiger partial charge < -0.3 is 10.1 Å². The molecule has 0 aliphatic heterocycles. The molecule has 0 saturated heterocycles. The molecule has 0 aliphatic rings. The van der Waals surface area contributed by atoms with Crippen molar-refractivity contribution in [2.24, 2.45) is 0 Å². The minimum atomic E-state index is 0.375. The summed E-state index contributed by atoms with van der Waals surface area (Å²) >= 11 is 0. The highest BCUT2D eigenvalue weighted by molar-refractivity contribution is 5.36. The summed E-state index contributed by atoms with van der Waals surface area (Å²) in [6.45, 7) is 4.65. The van der Waals surface area contributed by atoms with Crippen LogP contribution in [-0.2, 0) is 9.53 Å². The number of carbonyl (C=O) groups excluding carboxylic acids is 1. The Kier molecular flexibility index (Phi) is 6.88. The number of nitrogens with one attached hydrogen (secondary N) is 1. The maximum Gasteiger partial charge on any atom is 0.292 e. The lowest BCUT2D eigenvalue weighted by molar-refractivity contribution is -0.126. The van der Waals surface area contributed by atoms with Crippen LogP contribution in [0.1, 0.15) is 25.3 Å². The van der Waals surface area contributed by atoms with Crippen molar-refractivity contribution in [1.29, 1.82) is 0 Å². The lowest BCUT2D eigenvalue weighted by Crippen LogP contribution is -1.97. The summed E-state index contributed by atoms with van der Waals surface area (Å²) in [5.41, 5.74) is 1.21. The van der Waals surface area contributed by atoms with Crippen LogP contribution < -0.4 is 5.32 Å². The van der Waals surface area contributed by atoms with Crippen molar-refractivity contribution in [2.75, 3.05) is 19.5 Å². The number of hydrogen-bond donors (Lipinski definition) is 1. The molecule has 0 spiro atoms. The molecule has 0 unspecified atom stereocenters. The molecule has 0 bridgehead atoms. The molecule has 0 aliphatic carbocycles. The van der Waals surface area contributed by atoms with Gasteiger partial charge in [0.15, 0.2) is 0 Å². The van der Waals surface area contributed by atoms with Gasteiger partial charge in [-0.2, -0.15) is 5.10 Å². The zero-order chi connectivity index (χ0) is 11.7. The highest BCUT2D eigenvalue weighted by atomic mass is 16.5. The van der Waals surface area contributed by atoms with Crippen LogP contribution in [0, 0.1) is 0 Å². The van der Waals surface area contributed by atoms with E-state index in [2.05, 4.69) is 34.1 Å². The molecule has 0 amide bonds. The van der Waals surface area contributed by atoms with Gasteiger partial charge in [0, 0.05) is 7.05 Å². The summed E-state index contributed by atoms with van der Waals surface area (Å²) in [5.74, 6) is 1.34. The Morgan fingerprint density at radius 2 is 2.13 bits per heavy atom. The molecule has 0 aromatic carbocycles. The quantitative estimate of drug-likeness (QED) is 0.766. The molecule has 5 heteroatoms. The molecule has 0 saturated carbocycles. The third-order valence-corrected chi connectivity index (χ3v) is 1.69. The summed E-state index contributed by atoms with van der Waals surface area (Å²) < 4.78 is 3.86. The fourth-order valence-corrected chi connectivity index (χ4v) is 0.820. The monoisotopic (exact) mass is 211 g/mol. The average molecular weight is 211 g/mol. The van der Waals surface area contributed by atoms with E-state index in [0.717, 1.165) is 5.82 Å². The maximum atomic E-state index is 8.95. The lowest BCUT2D eigenvalue weighted by Gasteiger charge is -2.04. The maximum absolute atomic E-state index is 8.95. The number of nitrogens with zero attached hydrogens (tertiary/aromatic N) is 2. The van der Waals surface area contributed by atoms with Crippen molar-refractivity contribution < 1.29 is 9.53 Å². The SMILES string of the molecule is CNc1cc(C(C)C)cnn1.COC=O. The number of carbonyl (C=O) groups is 1. The van der Waals surface area contributed by atoms with Crippen molar-refractivity contribution in [3.63, 3.8) is 0 Å². The third-order valence-electron chi connectivity index (χ3n) is 1.69. The Bertz CT molecular complexity index is 290. The van der Waals surface area contributed by atoms with Gasteiger partial charge in [-0.05, 0) is 17.5 Å². The number of rotatable bonds is 3. The average Bonchev–Trinajstić information content (AvgIpc) is 2.29. The van der Waals surface area contributed by atoms with E-state index in [4.69, 9.17) is 4.79 Å². The fraction of sp³-hybridized carbons (Fsp3) is 0.500. The largest absolute Gasteiger partial charge is 0.471 e. The number of methoxy groups -OCH3 is 1. The third kappa shape index (κ3) is 5.61. The topological polar surface area (TPSA) is 64.1 Å². The number of anilines is 1. The van der Waals surface area contributed by atoms with Crippen LogP contribution in [0.3, 0.4) is 0 Å². The Morgan fingerprint density at radius 1 is 1.53 bits per heavy atom. The first-order valence-corrected chi connectivity index (χ1v) is 4.62. The highest BCUT2D eigenvalue weighted by Crippen LogP contribution is 2.14. The Hall–Kier alpha value is -1.65. The lowest BCUT2D eigenvalue weighted by atomic mass is 10.1. The predicted octanol–water partition coefficient (Wildman–Crippen LogP) is 1.43. The Labute approximate surface area is 89.9 Å². The fourth-order valence-electron chi connectivity index (χ4n) is 0.820. The second kappa shape index (κ2) is 7.73. The van der Waals surface area contributed by atoms with Crippen LogP contribution in [0.25, 0.3) is 0 Å². The van der Waals surface area contributed by atoms with Crippen LogP contribution in [0.15, 0.2) is 12.3 Å². The van der Waals surface area contributed by atoms with Crippen LogP contribution in [0.4, 0.5) is 5.82 Å². The molecule has 0 atom stereocenters. The standard InChI is InChI=1S/C8H13N3.C2H4O2/c1-6(2)7-4-8(9-3)11-10-5-7;1-4-2-3/h4-6H,1-3H3,(H,9,11);2H,1H3. The smallest absolute Gasteiger partial charge is 0.292 e. The number of ether oxygens (including phenoxy) is 1. The zero-order valence-electron chi connectivity index (χ0n) is 9.52. The molecule has 84 valence electrons. The molecule has 1 aromatic rings. The first-order chi connectivity index (χ1) is 7.15. The van der Waals surface area contributed by atoms with Gasteiger partial charge in [-0.3, -0.25) is 4.79 Å². The van der Waals surface area contributed by atoms with Gasteiger partial charge >= 0.3 is 0 Å². The van der Waals surface area contributed by atoms with Gasteiger partial charge in [-0.25, -0.2) is 0 Å². The van der Waals surface area contributed by atoms with E-state index in [1.54, 1.807) is 6.20 Å². The van der Waals surface area contributed by atoms with Crippen molar-refractivity contribution in [3.8, 4) is 0 Å². The molecule has 1 N–H and O–H groups in total. The summed E-state index contributed by atoms with van der Waals surface area (Å²) in [4.78, 5) is 8.95. The molecular formula is C10H17N3O2. The van der Waals surface area contributed by atoms with Crippen LogP contribution in [0.5, 0.6) is 0 Å². The predicted molar refractivity (Wildman–Crippen MR) is 58.7 cm³/mol. The van der Waals surface area contributed by atoms with Crippen molar-refractivity contribution in [2.45, 2.75) is 19.8 Å². The molecule has 15 heavy (non-hydrogen) atoms. The van der Waals surface area contributed by atoms with Crippen molar-refractivity contribution in [3.05, 3.63) is 17.8 Å². The van der Waals surface area contributed by atoms with E-state index in [1.165, 1.54) is 12.7 Å². The zero-order valence-corrected chi connectivity index (χ0v) is 9.52. The minimum Gasteiger partial charge on any atom is -0.471 e. The van der Waals surface area contributed by atoms with Crippen LogP contribution >= 0.6 is 0 Å². The van der Waals surface area contributed by atoms with Gasteiger partial charge in [-0.1, -0.05) is 13.8 Å². The van der Waals surface area contributed by atoms with Gasteiger partial charge in [0.2, 0.25) is 0 Å². The minimum absolute atomic E-state index is 0.375. The molecule has 1 rings (SSSR count). The number of aromatic nitrogens is 2. The van der Waals surface area contributed by atoms with E-state index >= 15 is 0 Å². The Balaban J connectivity index is 0.000000423. The first-order valence-electron chi connectivity index (χ1n) is 4.62. The van der Waals surface area contributed by atoms with Gasteiger partial charge in [-0.15, -0.1) is 5.10 Å². The normalized spacial score (nSPS) is 8.87. The second-order valence-electron chi connectivity index (χ2n) is 3.11. The molecule has 5 nitrogen and oxygen atoms in total. The first kappa shape index (κ1) is 13.4. The summed E-state index contributed by atoms with van der Waals surface area (Å²) in [5, 5.41) is 10.7. The molecule has 0 radical (unpaired) electrons. The summed E-state index contributed by atoms with van der Waals surface area (Å²) in [7, 11) is 3.15. The summed E-state index contributed by atoms with van der Waals surface area (Å²) in [6, 6.07) is 2.01. The summed E-state index contributed by atoms with van der Waals surface area (Å²) in [6.07, 6.45) is 1.80. The van der Waals surface area contributed by atoms with Crippen molar-refractivity contribution in [1.82, 2.24) is 10.2 Å². The van der Waals surface area contributed by atoms with E-state index in [-0.39, 0.29) is 0 Å². The van der Waals surface area contributed by atoms with Gasteiger partial charge in [0.05, 0.1) is 13.3 Å². The van der Waals surface area contributed by atoms with Gasteiger partial charge in [0.1, 0.15) is 5.82 Å². The highest BCUT2D eigenvalue weighted by Gasteiger charge is 1.99. The molecule has 1 aromatic heterocycles. The van der Waals surface area contributed by atoms with Crippen molar-refractivity contribution >= 4 is 12.3 Å². The van der Waals surface area contributed by atoms with Crippen LogP contribution in [0.2, 0.25) is 0 Å². The van der Waals surface area contributed by atoms with Crippen LogP contribution in [-0.4, -0.2) is 30.8 Å². The Morgan fingerprint density at radius 3 is 2.53 bits per heavy atom. The second-order valence-corrected chi connectivity index (χ2v) is 3.11. The van der Waals surface area contributed by atoms with Gasteiger partial charge in [0.25, 0.3) is 6.47 Å². The van der Waals surface area contributed by atoms with E-state index < -0.39 is 0 Å². The molecule has 1 heterocycles.